The molecule has 0 atom stereocenters. The maximum absolute atomic E-state index is 12.5. The number of para-hydroxylation sites is 1. The van der Waals surface area contributed by atoms with Gasteiger partial charge in [-0.2, -0.15) is 0 Å². The van der Waals surface area contributed by atoms with Gasteiger partial charge in [-0.1, -0.05) is 48.0 Å². The Bertz CT molecular complexity index is 1070. The van der Waals surface area contributed by atoms with Crippen molar-refractivity contribution in [2.24, 2.45) is 0 Å². The number of hydrogen-bond acceptors (Lipinski definition) is 4. The second-order valence-electron chi connectivity index (χ2n) is 6.30. The highest BCUT2D eigenvalue weighted by atomic mass is 32.1. The molecule has 28 heavy (non-hydrogen) atoms. The van der Waals surface area contributed by atoms with Gasteiger partial charge in [-0.25, -0.2) is 4.98 Å². The molecule has 3 aromatic carbocycles. The minimum absolute atomic E-state index is 0.198. The third-order valence-corrected chi connectivity index (χ3v) is 4.93. The van der Waals surface area contributed by atoms with Gasteiger partial charge in [0.25, 0.3) is 5.91 Å². The van der Waals surface area contributed by atoms with Crippen molar-refractivity contribution < 1.29 is 9.53 Å². The Morgan fingerprint density at radius 3 is 2.29 bits per heavy atom. The molecule has 1 N–H and O–H groups in total. The van der Waals surface area contributed by atoms with E-state index < -0.39 is 0 Å². The van der Waals surface area contributed by atoms with Crippen molar-refractivity contribution in [2.45, 2.75) is 6.92 Å². The Kier molecular flexibility index (Phi) is 5.17. The van der Waals surface area contributed by atoms with Gasteiger partial charge in [0.2, 0.25) is 0 Å². The average molecular weight is 386 g/mol. The molecule has 0 aliphatic carbocycles. The molecule has 0 unspecified atom stereocenters. The SMILES string of the molecule is Cc1ccc(-c2csc(NC(=O)c3ccc(Oc4ccccc4)cc3)n2)cc1. The smallest absolute Gasteiger partial charge is 0.257 e. The molecule has 1 amide bonds. The fourth-order valence-corrected chi connectivity index (χ4v) is 3.37. The molecule has 0 spiro atoms. The van der Waals surface area contributed by atoms with Crippen molar-refractivity contribution in [3.8, 4) is 22.8 Å². The van der Waals surface area contributed by atoms with E-state index in [-0.39, 0.29) is 5.91 Å². The number of benzene rings is 3. The summed E-state index contributed by atoms with van der Waals surface area (Å²) in [4.78, 5) is 17.0. The Morgan fingerprint density at radius 2 is 1.57 bits per heavy atom. The van der Waals surface area contributed by atoms with Gasteiger partial charge < -0.3 is 4.74 Å². The van der Waals surface area contributed by atoms with Gasteiger partial charge in [0.1, 0.15) is 11.5 Å². The van der Waals surface area contributed by atoms with Crippen LogP contribution in [0.25, 0.3) is 11.3 Å². The predicted octanol–water partition coefficient (Wildman–Crippen LogP) is 6.16. The van der Waals surface area contributed by atoms with Gasteiger partial charge in [-0.3, -0.25) is 10.1 Å². The van der Waals surface area contributed by atoms with Crippen LogP contribution in [0.4, 0.5) is 5.13 Å². The van der Waals surface area contributed by atoms with Crippen LogP contribution in [0.15, 0.2) is 84.2 Å². The summed E-state index contributed by atoms with van der Waals surface area (Å²) in [5, 5.41) is 5.37. The number of nitrogens with zero attached hydrogens (tertiary/aromatic N) is 1. The minimum atomic E-state index is -0.198. The number of rotatable bonds is 5. The summed E-state index contributed by atoms with van der Waals surface area (Å²) < 4.78 is 5.75. The van der Waals surface area contributed by atoms with E-state index in [9.17, 15) is 4.79 Å². The first-order valence-electron chi connectivity index (χ1n) is 8.84. The summed E-state index contributed by atoms with van der Waals surface area (Å²) in [5.41, 5.74) is 3.64. The number of carbonyl (C=O) groups is 1. The van der Waals surface area contributed by atoms with Gasteiger partial charge >= 0.3 is 0 Å². The largest absolute Gasteiger partial charge is 0.457 e. The number of aryl methyl sites for hydroxylation is 1. The third-order valence-electron chi connectivity index (χ3n) is 4.17. The summed E-state index contributed by atoms with van der Waals surface area (Å²) in [5.74, 6) is 1.24. The fraction of sp³-hybridized carbons (Fsp3) is 0.0435. The zero-order chi connectivity index (χ0) is 19.3. The molecular formula is C23H18N2O2S. The van der Waals surface area contributed by atoms with Crippen molar-refractivity contribution >= 4 is 22.4 Å². The molecule has 0 radical (unpaired) electrons. The monoisotopic (exact) mass is 386 g/mol. The summed E-state index contributed by atoms with van der Waals surface area (Å²) >= 11 is 1.41. The van der Waals surface area contributed by atoms with Crippen molar-refractivity contribution in [3.05, 3.63) is 95.4 Å². The number of thiazole rings is 1. The van der Waals surface area contributed by atoms with Crippen LogP contribution >= 0.6 is 11.3 Å². The number of ether oxygens (including phenoxy) is 1. The van der Waals surface area contributed by atoms with Crippen molar-refractivity contribution in [1.29, 1.82) is 0 Å². The minimum Gasteiger partial charge on any atom is -0.457 e. The van der Waals surface area contributed by atoms with Crippen LogP contribution in [0, 0.1) is 6.92 Å². The molecule has 138 valence electrons. The lowest BCUT2D eigenvalue weighted by Gasteiger charge is -2.06. The summed E-state index contributed by atoms with van der Waals surface area (Å²) in [6.07, 6.45) is 0. The molecule has 1 aromatic heterocycles. The first-order chi connectivity index (χ1) is 13.7. The number of aromatic nitrogens is 1. The lowest BCUT2D eigenvalue weighted by molar-refractivity contribution is 0.102. The number of amides is 1. The number of nitrogens with one attached hydrogen (secondary N) is 1. The Labute approximate surface area is 167 Å². The van der Waals surface area contributed by atoms with Gasteiger partial charge in [-0.15, -0.1) is 11.3 Å². The molecular weight excluding hydrogens is 368 g/mol. The second kappa shape index (κ2) is 8.06. The molecule has 0 bridgehead atoms. The summed E-state index contributed by atoms with van der Waals surface area (Å²) in [6.45, 7) is 2.05. The molecule has 0 aliphatic rings. The maximum Gasteiger partial charge on any atom is 0.257 e. The Balaban J connectivity index is 1.42. The van der Waals surface area contributed by atoms with Gasteiger partial charge in [0, 0.05) is 16.5 Å². The normalized spacial score (nSPS) is 10.5. The van der Waals surface area contributed by atoms with E-state index in [1.807, 2.05) is 66.9 Å². The molecule has 4 aromatic rings. The van der Waals surface area contributed by atoms with E-state index in [1.54, 1.807) is 24.3 Å². The van der Waals surface area contributed by atoms with Crippen LogP contribution in [-0.4, -0.2) is 10.9 Å². The molecule has 0 aliphatic heterocycles. The number of anilines is 1. The molecule has 1 heterocycles. The Hall–Kier alpha value is -3.44. The maximum atomic E-state index is 12.5. The molecule has 0 fully saturated rings. The molecule has 4 rings (SSSR count). The first kappa shape index (κ1) is 17.9. The van der Waals surface area contributed by atoms with E-state index in [2.05, 4.69) is 10.3 Å². The predicted molar refractivity (Wildman–Crippen MR) is 113 cm³/mol. The quantitative estimate of drug-likeness (QED) is 0.447. The fourth-order valence-electron chi connectivity index (χ4n) is 2.66. The van der Waals surface area contributed by atoms with Crippen molar-refractivity contribution in [2.75, 3.05) is 5.32 Å². The molecule has 5 heteroatoms. The topological polar surface area (TPSA) is 51.2 Å². The van der Waals surface area contributed by atoms with Gasteiger partial charge in [-0.05, 0) is 43.3 Å². The van der Waals surface area contributed by atoms with Crippen LogP contribution in [-0.2, 0) is 0 Å². The van der Waals surface area contributed by atoms with Crippen LogP contribution in [0.3, 0.4) is 0 Å². The zero-order valence-electron chi connectivity index (χ0n) is 15.3. The first-order valence-corrected chi connectivity index (χ1v) is 9.72. The van der Waals surface area contributed by atoms with E-state index >= 15 is 0 Å². The van der Waals surface area contributed by atoms with E-state index in [0.717, 1.165) is 17.0 Å². The highest BCUT2D eigenvalue weighted by Crippen LogP contribution is 2.26. The third kappa shape index (κ3) is 4.27. The number of carbonyl (C=O) groups excluding carboxylic acids is 1. The molecule has 4 nitrogen and oxygen atoms in total. The standard InChI is InChI=1S/C23H18N2O2S/c1-16-7-9-17(10-8-16)21-15-28-23(24-21)25-22(26)18-11-13-20(14-12-18)27-19-5-3-2-4-6-19/h2-15H,1H3,(H,24,25,26). The molecule has 0 saturated heterocycles. The van der Waals surface area contributed by atoms with Crippen LogP contribution in [0.2, 0.25) is 0 Å². The highest BCUT2D eigenvalue weighted by Gasteiger charge is 2.10. The van der Waals surface area contributed by atoms with Gasteiger partial charge in [0.15, 0.2) is 5.13 Å². The lowest BCUT2D eigenvalue weighted by atomic mass is 10.1. The lowest BCUT2D eigenvalue weighted by Crippen LogP contribution is -2.11. The van der Waals surface area contributed by atoms with E-state index in [4.69, 9.17) is 4.74 Å². The zero-order valence-corrected chi connectivity index (χ0v) is 16.1. The van der Waals surface area contributed by atoms with Crippen molar-refractivity contribution in [3.63, 3.8) is 0 Å². The Morgan fingerprint density at radius 1 is 0.893 bits per heavy atom. The van der Waals surface area contributed by atoms with E-state index in [1.165, 1.54) is 16.9 Å². The van der Waals surface area contributed by atoms with Gasteiger partial charge in [0.05, 0.1) is 5.69 Å². The average Bonchev–Trinajstić information content (AvgIpc) is 3.18. The van der Waals surface area contributed by atoms with Crippen LogP contribution in [0.1, 0.15) is 15.9 Å². The van der Waals surface area contributed by atoms with Crippen molar-refractivity contribution in [1.82, 2.24) is 4.98 Å². The summed E-state index contributed by atoms with van der Waals surface area (Å²) in [7, 11) is 0. The number of hydrogen-bond donors (Lipinski definition) is 1. The summed E-state index contributed by atoms with van der Waals surface area (Å²) in [6, 6.07) is 24.7. The molecule has 0 saturated carbocycles. The van der Waals surface area contributed by atoms with Crippen LogP contribution < -0.4 is 10.1 Å². The van der Waals surface area contributed by atoms with Crippen LogP contribution in [0.5, 0.6) is 11.5 Å². The highest BCUT2D eigenvalue weighted by molar-refractivity contribution is 7.14. The van der Waals surface area contributed by atoms with E-state index in [0.29, 0.717) is 16.4 Å². The second-order valence-corrected chi connectivity index (χ2v) is 7.16.